The van der Waals surface area contributed by atoms with Gasteiger partial charge in [-0.15, -0.1) is 0 Å². The number of hydroxylamine groups is 2. The second-order valence-electron chi connectivity index (χ2n) is 6.34. The Morgan fingerprint density at radius 1 is 0.652 bits per heavy atom. The van der Waals surface area contributed by atoms with Crippen LogP contribution in [0.1, 0.15) is 26.7 Å². The molecule has 0 radical (unpaired) electrons. The Morgan fingerprint density at radius 2 is 1.04 bits per heavy atom. The van der Waals surface area contributed by atoms with Crippen LogP contribution in [-0.2, 0) is 13.8 Å². The molecule has 7 nitrogen and oxygen atoms in total. The van der Waals surface area contributed by atoms with Gasteiger partial charge in [0, 0.05) is 13.1 Å². The van der Waals surface area contributed by atoms with E-state index in [1.165, 1.54) is 0 Å². The fourth-order valence-electron chi connectivity index (χ4n) is 2.16. The van der Waals surface area contributed by atoms with Crippen LogP contribution in [0.25, 0.3) is 0 Å². The normalized spacial score (nSPS) is 12.8. The Hall–Kier alpha value is 0.154. The Balaban J connectivity index is 3.82. The monoisotopic (exact) mass is 366 g/mol. The molecule has 0 saturated carbocycles. The molecule has 140 valence electrons. The van der Waals surface area contributed by atoms with Crippen molar-refractivity contribution in [3.05, 3.63) is 0 Å². The highest BCUT2D eigenvalue weighted by molar-refractivity contribution is 6.82. The molecular formula is C14H38N4O3Si2. The molecular weight excluding hydrogens is 328 g/mol. The summed E-state index contributed by atoms with van der Waals surface area (Å²) in [6.45, 7) is 17.8. The summed E-state index contributed by atoms with van der Waals surface area (Å²) in [4.78, 5) is 17.4. The van der Waals surface area contributed by atoms with Gasteiger partial charge in [-0.2, -0.15) is 0 Å². The Kier molecular flexibility index (Phi) is 13.5. The van der Waals surface area contributed by atoms with E-state index in [0.717, 1.165) is 39.0 Å². The molecule has 0 heterocycles. The standard InChI is InChI=1S/C14H38N4O3Si2/c1-7-19-15-11-9-13-17-22(3,4)21-23(5,6)18-14-10-12-16-20-8-2/h15-18H,7-14H2,1-6H3. The number of rotatable bonds is 16. The molecule has 0 aromatic carbocycles. The number of hydrogen-bond donors (Lipinski definition) is 4. The van der Waals surface area contributed by atoms with Crippen molar-refractivity contribution < 1.29 is 13.8 Å². The molecule has 0 saturated heterocycles. The third-order valence-corrected chi connectivity index (χ3v) is 9.30. The number of nitrogens with one attached hydrogen (secondary N) is 4. The van der Waals surface area contributed by atoms with Crippen molar-refractivity contribution in [2.24, 2.45) is 0 Å². The first-order valence-electron chi connectivity index (χ1n) is 8.72. The third-order valence-electron chi connectivity index (χ3n) is 3.02. The van der Waals surface area contributed by atoms with Crippen LogP contribution in [-0.4, -0.2) is 56.4 Å². The largest absolute Gasteiger partial charge is 0.433 e. The third kappa shape index (κ3) is 15.4. The zero-order valence-corrected chi connectivity index (χ0v) is 17.9. The molecule has 0 bridgehead atoms. The second kappa shape index (κ2) is 13.4. The van der Waals surface area contributed by atoms with Gasteiger partial charge in [-0.1, -0.05) is 0 Å². The summed E-state index contributed by atoms with van der Waals surface area (Å²) in [6, 6.07) is 0. The van der Waals surface area contributed by atoms with Crippen molar-refractivity contribution in [3.63, 3.8) is 0 Å². The molecule has 0 atom stereocenters. The maximum atomic E-state index is 6.43. The first-order chi connectivity index (χ1) is 10.8. The molecule has 0 fully saturated rings. The van der Waals surface area contributed by atoms with Crippen LogP contribution in [0, 0.1) is 0 Å². The fraction of sp³-hybridized carbons (Fsp3) is 1.00. The van der Waals surface area contributed by atoms with Gasteiger partial charge in [-0.05, 0) is 66.0 Å². The van der Waals surface area contributed by atoms with E-state index >= 15 is 0 Å². The second-order valence-corrected chi connectivity index (χ2v) is 13.9. The van der Waals surface area contributed by atoms with E-state index in [9.17, 15) is 0 Å². The van der Waals surface area contributed by atoms with Gasteiger partial charge in [0.15, 0.2) is 0 Å². The van der Waals surface area contributed by atoms with Crippen molar-refractivity contribution in [2.45, 2.75) is 52.9 Å². The minimum absolute atomic E-state index is 0.697. The van der Waals surface area contributed by atoms with Crippen LogP contribution in [0.2, 0.25) is 26.2 Å². The van der Waals surface area contributed by atoms with Crippen molar-refractivity contribution in [3.8, 4) is 0 Å². The maximum absolute atomic E-state index is 6.43. The molecule has 23 heavy (non-hydrogen) atoms. The Labute approximate surface area is 144 Å². The lowest BCUT2D eigenvalue weighted by atomic mass is 10.4. The van der Waals surface area contributed by atoms with Crippen LogP contribution in [0.5, 0.6) is 0 Å². The maximum Gasteiger partial charge on any atom is 0.252 e. The van der Waals surface area contributed by atoms with E-state index < -0.39 is 17.0 Å². The van der Waals surface area contributed by atoms with Crippen LogP contribution in [0.3, 0.4) is 0 Å². The summed E-state index contributed by atoms with van der Waals surface area (Å²) < 4.78 is 6.43. The minimum atomic E-state index is -1.85. The van der Waals surface area contributed by atoms with E-state index in [1.54, 1.807) is 0 Å². The topological polar surface area (TPSA) is 75.8 Å². The lowest BCUT2D eigenvalue weighted by Crippen LogP contribution is -2.60. The first-order valence-corrected chi connectivity index (χ1v) is 14.5. The van der Waals surface area contributed by atoms with Crippen LogP contribution in [0.4, 0.5) is 0 Å². The van der Waals surface area contributed by atoms with Gasteiger partial charge < -0.3 is 23.8 Å². The van der Waals surface area contributed by atoms with E-state index in [2.05, 4.69) is 47.1 Å². The predicted molar refractivity (Wildman–Crippen MR) is 101 cm³/mol. The molecule has 0 amide bonds. The predicted octanol–water partition coefficient (Wildman–Crippen LogP) is 1.45. The van der Waals surface area contributed by atoms with Crippen molar-refractivity contribution in [1.29, 1.82) is 0 Å². The minimum Gasteiger partial charge on any atom is -0.433 e. The molecule has 0 spiro atoms. The van der Waals surface area contributed by atoms with Gasteiger partial charge >= 0.3 is 0 Å². The summed E-state index contributed by atoms with van der Waals surface area (Å²) in [6.07, 6.45) is 2.05. The molecule has 0 aliphatic rings. The van der Waals surface area contributed by atoms with E-state index in [-0.39, 0.29) is 0 Å². The highest BCUT2D eigenvalue weighted by Crippen LogP contribution is 2.09. The van der Waals surface area contributed by atoms with Gasteiger partial charge in [-0.3, -0.25) is 0 Å². The molecule has 0 rings (SSSR count). The molecule has 4 N–H and O–H groups in total. The van der Waals surface area contributed by atoms with Crippen molar-refractivity contribution in [1.82, 2.24) is 20.9 Å². The zero-order valence-electron chi connectivity index (χ0n) is 15.9. The van der Waals surface area contributed by atoms with Gasteiger partial charge in [0.1, 0.15) is 0 Å². The van der Waals surface area contributed by atoms with Gasteiger partial charge in [-0.25, -0.2) is 11.0 Å². The molecule has 9 heteroatoms. The quantitative estimate of drug-likeness (QED) is 0.187. The van der Waals surface area contributed by atoms with Gasteiger partial charge in [0.05, 0.1) is 13.2 Å². The Morgan fingerprint density at radius 3 is 1.39 bits per heavy atom. The molecule has 0 aromatic rings. The fourth-order valence-corrected chi connectivity index (χ4v) is 9.40. The lowest BCUT2D eigenvalue weighted by Gasteiger charge is -2.34. The van der Waals surface area contributed by atoms with Crippen LogP contribution < -0.4 is 20.9 Å². The average Bonchev–Trinajstić information content (AvgIpc) is 2.45. The average molecular weight is 367 g/mol. The van der Waals surface area contributed by atoms with Crippen molar-refractivity contribution >= 4 is 17.0 Å². The summed E-state index contributed by atoms with van der Waals surface area (Å²) in [5.74, 6) is 0. The highest BCUT2D eigenvalue weighted by atomic mass is 28.4. The van der Waals surface area contributed by atoms with Gasteiger partial charge in [0.25, 0.3) is 17.0 Å². The smallest absolute Gasteiger partial charge is 0.252 e. The Bertz CT molecular complexity index is 259. The van der Waals surface area contributed by atoms with Gasteiger partial charge in [0.2, 0.25) is 0 Å². The molecule has 0 aliphatic carbocycles. The summed E-state index contributed by atoms with van der Waals surface area (Å²) in [7, 11) is -3.70. The van der Waals surface area contributed by atoms with E-state index in [0.29, 0.717) is 13.2 Å². The summed E-state index contributed by atoms with van der Waals surface area (Å²) >= 11 is 0. The highest BCUT2D eigenvalue weighted by Gasteiger charge is 2.32. The summed E-state index contributed by atoms with van der Waals surface area (Å²) in [5.41, 5.74) is 5.87. The van der Waals surface area contributed by atoms with Crippen molar-refractivity contribution in [2.75, 3.05) is 39.4 Å². The summed E-state index contributed by atoms with van der Waals surface area (Å²) in [5, 5.41) is 0. The molecule has 0 unspecified atom stereocenters. The molecule has 0 aliphatic heterocycles. The van der Waals surface area contributed by atoms with E-state index in [4.69, 9.17) is 13.8 Å². The van der Waals surface area contributed by atoms with Crippen LogP contribution >= 0.6 is 0 Å². The zero-order chi connectivity index (χ0) is 17.6. The SMILES string of the molecule is CCONCCCN[Si](C)(C)O[Si](C)(C)NCCCNOCC. The number of hydrogen-bond acceptors (Lipinski definition) is 7. The van der Waals surface area contributed by atoms with E-state index in [1.807, 2.05) is 13.8 Å². The first kappa shape index (κ1) is 23.2. The van der Waals surface area contributed by atoms with Crippen LogP contribution in [0.15, 0.2) is 0 Å². The lowest BCUT2D eigenvalue weighted by molar-refractivity contribution is 0.0506. The molecule has 0 aromatic heterocycles.